The SMILES string of the molecule is CCCON1C(C)(C)CC(N(C(=O)COCC(=S)N(C2CC(C)(C)N(OCCC)C(C)(C)C2)C2CC(C)(C)N(OCCC)C(C)(C)C2)C2CC(C)(C)N(OCCC)C(C)(C)C2)CC1(C)C. The van der Waals surface area contributed by atoms with E-state index in [1.165, 1.54) is 0 Å². The molecule has 4 aliphatic rings. The summed E-state index contributed by atoms with van der Waals surface area (Å²) in [5, 5.41) is 8.94. The third-order valence-corrected chi connectivity index (χ3v) is 14.9. The standard InChI is InChI=1S/C52H100N6O6S/c1-21-25-61-55-45(5,6)29-39(30-46(55,7)8)53(40-31-47(9,10)56(62-26-22-2)48(11,12)32-40)43(59)37-60-38-44(65)54(41-33-49(13,14)57(63-27-23-3)50(15,16)34-41)42-35-51(17,18)58(64-28-24-4)52(19,20)36-42/h39-42H,21-38H2,1-20H3. The molecule has 0 unspecified atom stereocenters. The van der Waals surface area contributed by atoms with Crippen LogP contribution in [0.4, 0.5) is 0 Å². The molecule has 12 nitrogen and oxygen atoms in total. The minimum Gasteiger partial charge on any atom is -0.365 e. The van der Waals surface area contributed by atoms with Crippen molar-refractivity contribution in [2.24, 2.45) is 0 Å². The van der Waals surface area contributed by atoms with E-state index in [4.69, 9.17) is 36.3 Å². The van der Waals surface area contributed by atoms with Gasteiger partial charge in [-0.15, -0.1) is 0 Å². The molecule has 0 aromatic carbocycles. The Hall–Kier alpha value is -1.00. The second-order valence-corrected chi connectivity index (χ2v) is 25.8. The Morgan fingerprint density at radius 1 is 0.415 bits per heavy atom. The fourth-order valence-electron chi connectivity index (χ4n) is 13.5. The first kappa shape index (κ1) is 56.6. The predicted molar refractivity (Wildman–Crippen MR) is 269 cm³/mol. The highest BCUT2D eigenvalue weighted by Gasteiger charge is 2.56. The van der Waals surface area contributed by atoms with E-state index in [9.17, 15) is 0 Å². The lowest BCUT2D eigenvalue weighted by molar-refractivity contribution is -0.297. The molecule has 0 aliphatic carbocycles. The van der Waals surface area contributed by atoms with Gasteiger partial charge in [-0.2, -0.15) is 20.3 Å². The first-order valence-electron chi connectivity index (χ1n) is 25.8. The van der Waals surface area contributed by atoms with E-state index in [-0.39, 0.29) is 87.6 Å². The molecule has 0 spiro atoms. The number of thiocarbonyl (C=S) groups is 1. The molecule has 380 valence electrons. The summed E-state index contributed by atoms with van der Waals surface area (Å²) >= 11 is 6.57. The van der Waals surface area contributed by atoms with Crippen molar-refractivity contribution in [1.82, 2.24) is 30.1 Å². The van der Waals surface area contributed by atoms with E-state index in [2.05, 4.69) is 169 Å². The Bertz CT molecular complexity index is 1290. The molecule has 4 aliphatic heterocycles. The number of amides is 1. The van der Waals surface area contributed by atoms with Gasteiger partial charge in [-0.3, -0.25) is 24.1 Å². The first-order valence-corrected chi connectivity index (χ1v) is 26.2. The number of nitrogens with zero attached hydrogens (tertiary/aromatic N) is 6. The zero-order chi connectivity index (χ0) is 49.2. The molecule has 0 N–H and O–H groups in total. The van der Waals surface area contributed by atoms with Crippen LogP contribution >= 0.6 is 12.2 Å². The van der Waals surface area contributed by atoms with Gasteiger partial charge in [-0.1, -0.05) is 39.9 Å². The number of carbonyl (C=O) groups is 1. The summed E-state index contributed by atoms with van der Waals surface area (Å²) in [6, 6.07) is 0.294. The molecule has 4 heterocycles. The van der Waals surface area contributed by atoms with Crippen molar-refractivity contribution in [2.75, 3.05) is 39.6 Å². The van der Waals surface area contributed by atoms with Crippen LogP contribution in [0.2, 0.25) is 0 Å². The number of ether oxygens (including phenoxy) is 1. The normalized spacial score (nSPS) is 26.3. The number of piperidine rings is 4. The largest absolute Gasteiger partial charge is 0.365 e. The van der Waals surface area contributed by atoms with Crippen LogP contribution in [0.15, 0.2) is 0 Å². The number of carbonyl (C=O) groups excluding carboxylic acids is 1. The topological polar surface area (TPSA) is 82.7 Å². The molecule has 1 amide bonds. The number of hydrogen-bond acceptors (Lipinski definition) is 11. The van der Waals surface area contributed by atoms with Crippen LogP contribution in [0, 0.1) is 0 Å². The van der Waals surface area contributed by atoms with Gasteiger partial charge in [0.15, 0.2) is 0 Å². The van der Waals surface area contributed by atoms with Gasteiger partial charge in [0.05, 0.1) is 33.0 Å². The Labute approximate surface area is 404 Å². The minimum atomic E-state index is -0.295. The van der Waals surface area contributed by atoms with E-state index >= 15 is 4.79 Å². The molecule has 4 fully saturated rings. The van der Waals surface area contributed by atoms with Gasteiger partial charge in [0, 0.05) is 68.5 Å². The molecule has 0 bridgehead atoms. The van der Waals surface area contributed by atoms with Crippen LogP contribution < -0.4 is 0 Å². The first-order chi connectivity index (χ1) is 29.8. The summed E-state index contributed by atoms with van der Waals surface area (Å²) in [5.74, 6) is 0.0331. The van der Waals surface area contributed by atoms with Crippen molar-refractivity contribution in [3.63, 3.8) is 0 Å². The Balaban J connectivity index is 1.68. The van der Waals surface area contributed by atoms with Crippen molar-refractivity contribution in [3.8, 4) is 0 Å². The second kappa shape index (κ2) is 21.6. The van der Waals surface area contributed by atoms with Gasteiger partial charge < -0.3 is 14.5 Å². The maximum absolute atomic E-state index is 15.2. The summed E-state index contributed by atoms with van der Waals surface area (Å²) in [6.07, 6.45) is 10.5. The summed E-state index contributed by atoms with van der Waals surface area (Å²) in [6.45, 7) is 48.1. The van der Waals surface area contributed by atoms with Gasteiger partial charge in [-0.25, -0.2) is 0 Å². The molecule has 0 aromatic rings. The zero-order valence-corrected chi connectivity index (χ0v) is 46.4. The molecule has 13 heteroatoms. The molecule has 0 saturated carbocycles. The average Bonchev–Trinajstić information content (AvgIpc) is 3.11. The summed E-state index contributed by atoms with van der Waals surface area (Å²) in [7, 11) is 0. The smallest absolute Gasteiger partial charge is 0.249 e. The van der Waals surface area contributed by atoms with Crippen LogP contribution in [0.3, 0.4) is 0 Å². The van der Waals surface area contributed by atoms with E-state index in [0.29, 0.717) is 26.4 Å². The van der Waals surface area contributed by atoms with E-state index < -0.39 is 0 Å². The maximum atomic E-state index is 15.2. The van der Waals surface area contributed by atoms with Gasteiger partial charge in [0.1, 0.15) is 11.6 Å². The second-order valence-electron chi connectivity index (χ2n) is 25.4. The van der Waals surface area contributed by atoms with Crippen molar-refractivity contribution in [1.29, 1.82) is 0 Å². The van der Waals surface area contributed by atoms with Crippen molar-refractivity contribution >= 4 is 23.1 Å². The number of hydroxylamine groups is 8. The Morgan fingerprint density at radius 3 is 0.846 bits per heavy atom. The van der Waals surface area contributed by atoms with Gasteiger partial charge >= 0.3 is 0 Å². The summed E-state index contributed by atoms with van der Waals surface area (Å²) in [5.41, 5.74) is -2.12. The molecule has 4 saturated heterocycles. The molecular weight excluding hydrogens is 837 g/mol. The van der Waals surface area contributed by atoms with E-state index in [1.54, 1.807) is 0 Å². The average molecular weight is 937 g/mol. The number of hydrogen-bond donors (Lipinski definition) is 0. The highest BCUT2D eigenvalue weighted by atomic mass is 32.1. The fraction of sp³-hybridized carbons (Fsp3) is 0.962. The van der Waals surface area contributed by atoms with Gasteiger partial charge in [0.25, 0.3) is 0 Å². The van der Waals surface area contributed by atoms with Crippen LogP contribution in [0.1, 0.15) is 216 Å². The third kappa shape index (κ3) is 13.3. The van der Waals surface area contributed by atoms with Crippen LogP contribution in [0.5, 0.6) is 0 Å². The fourth-order valence-corrected chi connectivity index (χ4v) is 13.9. The lowest BCUT2D eigenvalue weighted by Crippen LogP contribution is -2.69. The quantitative estimate of drug-likeness (QED) is 0.109. The van der Waals surface area contributed by atoms with Crippen molar-refractivity contribution < 1.29 is 28.9 Å². The lowest BCUT2D eigenvalue weighted by atomic mass is 9.74. The summed E-state index contributed by atoms with van der Waals surface area (Å²) in [4.78, 5) is 46.8. The van der Waals surface area contributed by atoms with E-state index in [0.717, 1.165) is 82.0 Å². The lowest BCUT2D eigenvalue weighted by Gasteiger charge is -2.60. The monoisotopic (exact) mass is 937 g/mol. The molecular formula is C52H100N6O6S. The molecule has 0 aromatic heterocycles. The molecule has 0 radical (unpaired) electrons. The maximum Gasteiger partial charge on any atom is 0.249 e. The zero-order valence-electron chi connectivity index (χ0n) is 45.6. The summed E-state index contributed by atoms with van der Waals surface area (Å²) < 4.78 is 6.68. The molecule has 0 atom stereocenters. The third-order valence-electron chi connectivity index (χ3n) is 14.6. The van der Waals surface area contributed by atoms with Crippen LogP contribution in [-0.4, -0.2) is 149 Å². The van der Waals surface area contributed by atoms with Gasteiger partial charge in [0.2, 0.25) is 5.91 Å². The number of rotatable bonds is 20. The minimum absolute atomic E-state index is 0.00474. The van der Waals surface area contributed by atoms with Crippen molar-refractivity contribution in [2.45, 2.75) is 284 Å². The Morgan fingerprint density at radius 2 is 0.631 bits per heavy atom. The Kier molecular flexibility index (Phi) is 18.8. The highest BCUT2D eigenvalue weighted by molar-refractivity contribution is 7.80. The highest BCUT2D eigenvalue weighted by Crippen LogP contribution is 2.48. The molecule has 4 rings (SSSR count). The van der Waals surface area contributed by atoms with Crippen molar-refractivity contribution in [3.05, 3.63) is 0 Å². The van der Waals surface area contributed by atoms with Gasteiger partial charge in [-0.05, 0) is 188 Å². The van der Waals surface area contributed by atoms with Crippen LogP contribution in [0.25, 0.3) is 0 Å². The van der Waals surface area contributed by atoms with Crippen LogP contribution in [-0.2, 0) is 28.9 Å². The molecule has 65 heavy (non-hydrogen) atoms. The van der Waals surface area contributed by atoms with E-state index in [1.807, 2.05) is 0 Å². The predicted octanol–water partition coefficient (Wildman–Crippen LogP) is 10.9.